The second-order valence-corrected chi connectivity index (χ2v) is 15.9. The first kappa shape index (κ1) is 47.2. The SMILES string of the molecule is CC(C)(C)C(=O)OCc1ccc(NC(=O)[C@H](CCCCN)NC(=O)COCC(=O)NCCOCCn2cc(CNC(=O)C3CCC(CN4C(=O)C=CC4=O)CC3)nn2)cc1. The zero-order valence-electron chi connectivity index (χ0n) is 34.7. The molecule has 1 aliphatic carbocycles. The lowest BCUT2D eigenvalue weighted by Crippen LogP contribution is -2.45. The Hall–Kier alpha value is -5.53. The fraction of sp³-hybridized carbons (Fsp3) is 0.585. The third-order valence-electron chi connectivity index (χ3n) is 9.89. The highest BCUT2D eigenvalue weighted by molar-refractivity contribution is 6.12. The van der Waals surface area contributed by atoms with Crippen LogP contribution in [0.5, 0.6) is 0 Å². The van der Waals surface area contributed by atoms with Gasteiger partial charge in [0.15, 0.2) is 0 Å². The largest absolute Gasteiger partial charge is 0.460 e. The summed E-state index contributed by atoms with van der Waals surface area (Å²) in [7, 11) is 0. The van der Waals surface area contributed by atoms with Crippen LogP contribution in [0.25, 0.3) is 0 Å². The van der Waals surface area contributed by atoms with E-state index in [1.165, 1.54) is 17.1 Å². The normalized spacial score (nSPS) is 17.0. The summed E-state index contributed by atoms with van der Waals surface area (Å²) >= 11 is 0. The Labute approximate surface area is 349 Å². The van der Waals surface area contributed by atoms with Gasteiger partial charge in [0.25, 0.3) is 11.8 Å². The van der Waals surface area contributed by atoms with Crippen LogP contribution in [0.4, 0.5) is 5.69 Å². The van der Waals surface area contributed by atoms with Gasteiger partial charge in [-0.25, -0.2) is 4.68 Å². The van der Waals surface area contributed by atoms with Crippen molar-refractivity contribution in [1.82, 2.24) is 35.8 Å². The third kappa shape index (κ3) is 16.3. The molecular weight excluding hydrogens is 779 g/mol. The van der Waals surface area contributed by atoms with Crippen molar-refractivity contribution in [2.24, 2.45) is 23.0 Å². The molecule has 0 saturated heterocycles. The number of rotatable bonds is 24. The average Bonchev–Trinajstić information content (AvgIpc) is 3.81. The third-order valence-corrected chi connectivity index (χ3v) is 9.89. The predicted octanol–water partition coefficient (Wildman–Crippen LogP) is 1.12. The molecule has 2 aliphatic rings. The molecule has 1 aromatic heterocycles. The number of carbonyl (C=O) groups excluding carboxylic acids is 7. The summed E-state index contributed by atoms with van der Waals surface area (Å²) in [6.07, 6.45) is 8.84. The minimum absolute atomic E-state index is 0.0566. The fourth-order valence-electron chi connectivity index (χ4n) is 6.41. The van der Waals surface area contributed by atoms with Gasteiger partial charge in [0.2, 0.25) is 23.6 Å². The lowest BCUT2D eigenvalue weighted by atomic mass is 9.81. The van der Waals surface area contributed by atoms with E-state index in [0.717, 1.165) is 18.4 Å². The summed E-state index contributed by atoms with van der Waals surface area (Å²) in [5.41, 5.74) is 6.86. The fourth-order valence-corrected chi connectivity index (χ4v) is 6.41. The highest BCUT2D eigenvalue weighted by atomic mass is 16.5. The number of carbonyl (C=O) groups is 7. The van der Waals surface area contributed by atoms with E-state index >= 15 is 0 Å². The average molecular weight is 838 g/mol. The number of amides is 6. The van der Waals surface area contributed by atoms with Crippen LogP contribution >= 0.6 is 0 Å². The predicted molar refractivity (Wildman–Crippen MR) is 217 cm³/mol. The van der Waals surface area contributed by atoms with Crippen LogP contribution < -0.4 is 27.0 Å². The number of esters is 1. The second-order valence-electron chi connectivity index (χ2n) is 15.9. The van der Waals surface area contributed by atoms with Crippen LogP contribution in [0, 0.1) is 17.3 Å². The Balaban J connectivity index is 1.04. The topological polar surface area (TPSA) is 255 Å². The Morgan fingerprint density at radius 1 is 0.900 bits per heavy atom. The molecule has 0 spiro atoms. The molecule has 60 heavy (non-hydrogen) atoms. The van der Waals surface area contributed by atoms with E-state index in [-0.39, 0.29) is 68.4 Å². The molecule has 1 atom stereocenters. The smallest absolute Gasteiger partial charge is 0.311 e. The van der Waals surface area contributed by atoms with E-state index in [0.29, 0.717) is 69.7 Å². The number of unbranched alkanes of at least 4 members (excludes halogenated alkanes) is 1. The molecule has 19 heteroatoms. The summed E-state index contributed by atoms with van der Waals surface area (Å²) in [5.74, 6) is -2.29. The van der Waals surface area contributed by atoms with Crippen molar-refractivity contribution in [3.8, 4) is 0 Å². The number of hydrogen-bond donors (Lipinski definition) is 5. The van der Waals surface area contributed by atoms with Gasteiger partial charge in [-0.1, -0.05) is 17.3 Å². The molecule has 0 unspecified atom stereocenters. The molecule has 4 rings (SSSR count). The molecule has 6 N–H and O–H groups in total. The van der Waals surface area contributed by atoms with Gasteiger partial charge < -0.3 is 41.2 Å². The first-order valence-electron chi connectivity index (χ1n) is 20.4. The van der Waals surface area contributed by atoms with Crippen LogP contribution in [-0.4, -0.2) is 113 Å². The first-order chi connectivity index (χ1) is 28.7. The summed E-state index contributed by atoms with van der Waals surface area (Å²) < 4.78 is 17.8. The molecule has 1 aromatic carbocycles. The summed E-state index contributed by atoms with van der Waals surface area (Å²) in [6.45, 7) is 6.84. The van der Waals surface area contributed by atoms with Gasteiger partial charge in [-0.3, -0.25) is 38.5 Å². The number of hydrogen-bond acceptors (Lipinski definition) is 13. The number of aromatic nitrogens is 3. The Morgan fingerprint density at radius 3 is 2.28 bits per heavy atom. The Bertz CT molecular complexity index is 1780. The maximum Gasteiger partial charge on any atom is 0.311 e. The van der Waals surface area contributed by atoms with Gasteiger partial charge in [0, 0.05) is 36.8 Å². The molecule has 0 bridgehead atoms. The minimum atomic E-state index is -0.855. The van der Waals surface area contributed by atoms with Gasteiger partial charge in [-0.05, 0) is 95.9 Å². The molecule has 1 aliphatic heterocycles. The van der Waals surface area contributed by atoms with Crippen LogP contribution in [0.15, 0.2) is 42.6 Å². The van der Waals surface area contributed by atoms with Crippen molar-refractivity contribution in [3.05, 3.63) is 53.9 Å². The van der Waals surface area contributed by atoms with Crippen molar-refractivity contribution in [1.29, 1.82) is 0 Å². The van der Waals surface area contributed by atoms with Crippen molar-refractivity contribution < 1.29 is 47.8 Å². The van der Waals surface area contributed by atoms with E-state index in [1.807, 2.05) is 0 Å². The highest BCUT2D eigenvalue weighted by Crippen LogP contribution is 2.30. The number of benzene rings is 1. The summed E-state index contributed by atoms with van der Waals surface area (Å²) in [5, 5.41) is 19.2. The zero-order valence-corrected chi connectivity index (χ0v) is 34.7. The van der Waals surface area contributed by atoms with Gasteiger partial charge in [-0.15, -0.1) is 5.10 Å². The molecule has 6 amide bonds. The maximum absolute atomic E-state index is 13.1. The van der Waals surface area contributed by atoms with Crippen molar-refractivity contribution in [2.75, 3.05) is 51.4 Å². The number of nitrogens with zero attached hydrogens (tertiary/aromatic N) is 4. The Morgan fingerprint density at radius 2 is 1.60 bits per heavy atom. The summed E-state index contributed by atoms with van der Waals surface area (Å²) in [4.78, 5) is 87.7. The van der Waals surface area contributed by atoms with Gasteiger partial charge >= 0.3 is 5.97 Å². The molecule has 1 saturated carbocycles. The number of ether oxygens (including phenoxy) is 3. The standard InChI is InChI=1S/C41H59N9O10/c1-41(2,3)40(57)60-25-29-9-13-31(14-10-29)45-39(56)33(6-4-5-17-42)46-35(52)27-59-26-34(51)43-18-20-58-21-19-49-24-32(47-48-49)22-44-38(55)30-11-7-28(8-12-30)23-50-36(53)15-16-37(50)54/h9-10,13-16,24,28,30,33H,4-8,11-12,17-23,25-27,42H2,1-3H3,(H,43,51)(H,44,55)(H,45,56)(H,46,52)/t28?,30?,33-/m0/s1. The number of anilines is 1. The van der Waals surface area contributed by atoms with E-state index in [2.05, 4.69) is 31.6 Å². The molecule has 0 radical (unpaired) electrons. The van der Waals surface area contributed by atoms with Crippen molar-refractivity contribution in [2.45, 2.75) is 91.5 Å². The van der Waals surface area contributed by atoms with Gasteiger partial charge in [-0.2, -0.15) is 0 Å². The first-order valence-corrected chi connectivity index (χ1v) is 20.4. The van der Waals surface area contributed by atoms with Gasteiger partial charge in [0.05, 0.1) is 37.9 Å². The molecule has 2 aromatic rings. The number of imide groups is 1. The lowest BCUT2D eigenvalue weighted by molar-refractivity contribution is -0.154. The number of nitrogens with one attached hydrogen (secondary N) is 4. The van der Waals surface area contributed by atoms with Crippen molar-refractivity contribution in [3.63, 3.8) is 0 Å². The van der Waals surface area contributed by atoms with Crippen LogP contribution in [0.2, 0.25) is 0 Å². The van der Waals surface area contributed by atoms with Crippen LogP contribution in [0.1, 0.15) is 77.0 Å². The molecule has 19 nitrogen and oxygen atoms in total. The van der Waals surface area contributed by atoms with E-state index < -0.39 is 35.8 Å². The molecule has 328 valence electrons. The van der Waals surface area contributed by atoms with Gasteiger partial charge in [0.1, 0.15) is 31.6 Å². The van der Waals surface area contributed by atoms with Crippen LogP contribution in [-0.2, 0) is 67.5 Å². The zero-order chi connectivity index (χ0) is 43.5. The second kappa shape index (κ2) is 23.9. The van der Waals surface area contributed by atoms with Crippen LogP contribution in [0.3, 0.4) is 0 Å². The summed E-state index contributed by atoms with van der Waals surface area (Å²) in [6, 6.07) is 5.99. The van der Waals surface area contributed by atoms with E-state index in [1.54, 1.807) is 55.9 Å². The monoisotopic (exact) mass is 837 g/mol. The highest BCUT2D eigenvalue weighted by Gasteiger charge is 2.31. The number of nitrogens with two attached hydrogens (primary N) is 1. The molecular formula is C41H59N9O10. The molecule has 2 heterocycles. The maximum atomic E-state index is 13.1. The Kier molecular flexibility index (Phi) is 18.8. The van der Waals surface area contributed by atoms with Crippen molar-refractivity contribution >= 4 is 47.1 Å². The van der Waals surface area contributed by atoms with E-state index in [9.17, 15) is 33.6 Å². The lowest BCUT2D eigenvalue weighted by Gasteiger charge is -2.29. The van der Waals surface area contributed by atoms with E-state index in [4.69, 9.17) is 19.9 Å². The molecule has 1 fully saturated rings. The minimum Gasteiger partial charge on any atom is -0.460 e. The quantitative estimate of drug-likeness (QED) is 0.0565.